The third-order valence-corrected chi connectivity index (χ3v) is 2.20. The Morgan fingerprint density at radius 2 is 2.00 bits per heavy atom. The first-order valence-corrected chi connectivity index (χ1v) is 5.09. The van der Waals surface area contributed by atoms with Gasteiger partial charge in [-0.15, -0.1) is 0 Å². The van der Waals surface area contributed by atoms with E-state index in [1.165, 1.54) is 0 Å². The minimum Gasteiger partial charge on any atom is -0.461 e. The highest BCUT2D eigenvalue weighted by Crippen LogP contribution is 2.39. The van der Waals surface area contributed by atoms with Crippen molar-refractivity contribution < 1.29 is 14.3 Å². The lowest BCUT2D eigenvalue weighted by Crippen LogP contribution is -2.17. The van der Waals surface area contributed by atoms with Crippen molar-refractivity contribution in [2.45, 2.75) is 32.2 Å². The Labute approximate surface area is 89.0 Å². The summed E-state index contributed by atoms with van der Waals surface area (Å²) in [5.41, 5.74) is 1.03. The summed E-state index contributed by atoms with van der Waals surface area (Å²) >= 11 is 0. The Morgan fingerprint density at radius 3 is 2.60 bits per heavy atom. The van der Waals surface area contributed by atoms with Gasteiger partial charge in [0, 0.05) is 0 Å². The highest BCUT2D eigenvalue weighted by molar-refractivity contribution is 5.78. The number of epoxide rings is 1. The van der Waals surface area contributed by atoms with Crippen LogP contribution in [0, 0.1) is 0 Å². The van der Waals surface area contributed by atoms with Crippen molar-refractivity contribution in [3.8, 4) is 0 Å². The second kappa shape index (κ2) is 4.03. The zero-order valence-electron chi connectivity index (χ0n) is 8.84. The maximum absolute atomic E-state index is 11.5. The Hall–Kier alpha value is -1.35. The second-order valence-electron chi connectivity index (χ2n) is 3.87. The van der Waals surface area contributed by atoms with Gasteiger partial charge in [-0.2, -0.15) is 0 Å². The van der Waals surface area contributed by atoms with E-state index in [4.69, 9.17) is 9.47 Å². The van der Waals surface area contributed by atoms with Crippen LogP contribution in [0.4, 0.5) is 0 Å². The van der Waals surface area contributed by atoms with Crippen LogP contribution in [0.3, 0.4) is 0 Å². The number of esters is 1. The molecule has 3 nitrogen and oxygen atoms in total. The minimum atomic E-state index is -0.408. The summed E-state index contributed by atoms with van der Waals surface area (Å²) in [4.78, 5) is 11.5. The molecule has 0 spiro atoms. The number of rotatable bonds is 3. The van der Waals surface area contributed by atoms with Gasteiger partial charge in [0.2, 0.25) is 0 Å². The van der Waals surface area contributed by atoms with E-state index in [1.54, 1.807) is 0 Å². The molecular formula is C12H14O3. The molecule has 15 heavy (non-hydrogen) atoms. The molecular weight excluding hydrogens is 192 g/mol. The highest BCUT2D eigenvalue weighted by atomic mass is 16.6. The molecule has 2 atom stereocenters. The Bertz CT molecular complexity index is 345. The van der Waals surface area contributed by atoms with Crippen molar-refractivity contribution in [3.05, 3.63) is 35.9 Å². The number of ether oxygens (including phenoxy) is 2. The molecule has 0 amide bonds. The standard InChI is InChI=1S/C12H14O3/c1-8(2)14-12(13)11-10(15-11)9-6-4-3-5-7-9/h3-8,10-11H,1-2H3/t10-,11+/m1/s1. The fourth-order valence-corrected chi connectivity index (χ4v) is 1.49. The molecule has 3 heteroatoms. The number of benzene rings is 1. The van der Waals surface area contributed by atoms with Crippen LogP contribution in [0.2, 0.25) is 0 Å². The van der Waals surface area contributed by atoms with Gasteiger partial charge in [-0.1, -0.05) is 30.3 Å². The molecule has 0 aromatic heterocycles. The van der Waals surface area contributed by atoms with E-state index in [-0.39, 0.29) is 18.2 Å². The first kappa shape index (κ1) is 10.2. The summed E-state index contributed by atoms with van der Waals surface area (Å²) in [7, 11) is 0. The summed E-state index contributed by atoms with van der Waals surface area (Å²) in [6.07, 6.45) is -0.606. The van der Waals surface area contributed by atoms with Crippen molar-refractivity contribution in [2.24, 2.45) is 0 Å². The molecule has 2 rings (SSSR count). The van der Waals surface area contributed by atoms with E-state index in [9.17, 15) is 4.79 Å². The Kier molecular flexibility index (Phi) is 2.73. The van der Waals surface area contributed by atoms with Crippen LogP contribution in [0.5, 0.6) is 0 Å². The fourth-order valence-electron chi connectivity index (χ4n) is 1.49. The van der Waals surface area contributed by atoms with Crippen LogP contribution in [0.25, 0.3) is 0 Å². The van der Waals surface area contributed by atoms with E-state index in [1.807, 2.05) is 44.2 Å². The van der Waals surface area contributed by atoms with Crippen LogP contribution in [-0.2, 0) is 14.3 Å². The molecule has 0 radical (unpaired) electrons. The summed E-state index contributed by atoms with van der Waals surface area (Å²) in [6, 6.07) is 9.71. The van der Waals surface area contributed by atoms with Crippen LogP contribution < -0.4 is 0 Å². The average molecular weight is 206 g/mol. The SMILES string of the molecule is CC(C)OC(=O)[C@H]1O[C@@H]1c1ccccc1. The highest BCUT2D eigenvalue weighted by Gasteiger charge is 2.47. The molecule has 1 aliphatic rings. The molecule has 1 aromatic rings. The first-order chi connectivity index (χ1) is 7.18. The molecule has 1 saturated heterocycles. The van der Waals surface area contributed by atoms with Crippen LogP contribution in [0.1, 0.15) is 25.5 Å². The monoisotopic (exact) mass is 206 g/mol. The minimum absolute atomic E-state index is 0.0851. The van der Waals surface area contributed by atoms with E-state index in [2.05, 4.69) is 0 Å². The molecule has 1 fully saturated rings. The molecule has 1 heterocycles. The molecule has 0 bridgehead atoms. The molecule has 80 valence electrons. The largest absolute Gasteiger partial charge is 0.461 e. The Morgan fingerprint density at radius 1 is 1.33 bits per heavy atom. The van der Waals surface area contributed by atoms with Crippen molar-refractivity contribution in [1.29, 1.82) is 0 Å². The maximum atomic E-state index is 11.5. The average Bonchev–Trinajstić information content (AvgIpc) is 2.97. The smallest absolute Gasteiger partial charge is 0.338 e. The van der Waals surface area contributed by atoms with E-state index >= 15 is 0 Å². The van der Waals surface area contributed by atoms with Gasteiger partial charge < -0.3 is 9.47 Å². The molecule has 1 aromatic carbocycles. The van der Waals surface area contributed by atoms with Gasteiger partial charge in [0.15, 0.2) is 6.10 Å². The van der Waals surface area contributed by atoms with Gasteiger partial charge in [-0.3, -0.25) is 0 Å². The first-order valence-electron chi connectivity index (χ1n) is 5.09. The van der Waals surface area contributed by atoms with Gasteiger partial charge in [0.1, 0.15) is 6.10 Å². The van der Waals surface area contributed by atoms with Crippen molar-refractivity contribution in [2.75, 3.05) is 0 Å². The fraction of sp³-hybridized carbons (Fsp3) is 0.417. The third-order valence-electron chi connectivity index (χ3n) is 2.20. The maximum Gasteiger partial charge on any atom is 0.338 e. The summed E-state index contributed by atoms with van der Waals surface area (Å²) in [5, 5.41) is 0. The molecule has 0 saturated carbocycles. The molecule has 0 unspecified atom stereocenters. The lowest BCUT2D eigenvalue weighted by atomic mass is 10.1. The van der Waals surface area contributed by atoms with E-state index in [0.717, 1.165) is 5.56 Å². The summed E-state index contributed by atoms with van der Waals surface area (Å²) < 4.78 is 10.4. The van der Waals surface area contributed by atoms with Crippen LogP contribution in [-0.4, -0.2) is 18.2 Å². The topological polar surface area (TPSA) is 38.8 Å². The quantitative estimate of drug-likeness (QED) is 0.561. The van der Waals surface area contributed by atoms with Gasteiger partial charge in [0.25, 0.3) is 0 Å². The number of carbonyl (C=O) groups excluding carboxylic acids is 1. The lowest BCUT2D eigenvalue weighted by Gasteiger charge is -2.05. The summed E-state index contributed by atoms with van der Waals surface area (Å²) in [5.74, 6) is -0.265. The van der Waals surface area contributed by atoms with Gasteiger partial charge >= 0.3 is 5.97 Å². The Balaban J connectivity index is 1.94. The third kappa shape index (κ3) is 2.36. The van der Waals surface area contributed by atoms with Crippen molar-refractivity contribution >= 4 is 5.97 Å². The molecule has 0 N–H and O–H groups in total. The van der Waals surface area contributed by atoms with E-state index < -0.39 is 6.10 Å². The zero-order valence-corrected chi connectivity index (χ0v) is 8.84. The van der Waals surface area contributed by atoms with E-state index in [0.29, 0.717) is 0 Å². The normalized spacial score (nSPS) is 23.9. The van der Waals surface area contributed by atoms with Crippen LogP contribution in [0.15, 0.2) is 30.3 Å². The number of hydrogen-bond acceptors (Lipinski definition) is 3. The van der Waals surface area contributed by atoms with Gasteiger partial charge in [-0.25, -0.2) is 4.79 Å². The van der Waals surface area contributed by atoms with Crippen molar-refractivity contribution in [3.63, 3.8) is 0 Å². The van der Waals surface area contributed by atoms with Gasteiger partial charge in [0.05, 0.1) is 6.10 Å². The van der Waals surface area contributed by atoms with Gasteiger partial charge in [-0.05, 0) is 19.4 Å². The second-order valence-corrected chi connectivity index (χ2v) is 3.87. The number of carbonyl (C=O) groups is 1. The lowest BCUT2D eigenvalue weighted by molar-refractivity contribution is -0.148. The predicted octanol–water partition coefficient (Wildman–Crippen LogP) is 2.08. The molecule has 0 aliphatic carbocycles. The predicted molar refractivity (Wildman–Crippen MR) is 55.3 cm³/mol. The van der Waals surface area contributed by atoms with Crippen molar-refractivity contribution in [1.82, 2.24) is 0 Å². The number of hydrogen-bond donors (Lipinski definition) is 0. The van der Waals surface area contributed by atoms with Crippen LogP contribution >= 0.6 is 0 Å². The molecule has 1 aliphatic heterocycles. The summed E-state index contributed by atoms with van der Waals surface area (Å²) in [6.45, 7) is 3.66. The zero-order chi connectivity index (χ0) is 10.8.